The number of hydrogen-bond acceptors (Lipinski definition) is 2. The molecule has 1 N–H and O–H groups in total. The fourth-order valence-corrected chi connectivity index (χ4v) is 11.2. The van der Waals surface area contributed by atoms with Crippen molar-refractivity contribution >= 4 is 16.4 Å². The lowest BCUT2D eigenvalue weighted by Gasteiger charge is -2.42. The minimum Gasteiger partial charge on any atom is -0.416 e. The minimum atomic E-state index is -1.80. The fraction of sp³-hybridized carbons (Fsp3) is 0.895. The van der Waals surface area contributed by atoms with Gasteiger partial charge in [0.25, 0.3) is 0 Å². The smallest absolute Gasteiger partial charge is 0.200 e. The Bertz CT molecular complexity index is 335. The van der Waals surface area contributed by atoms with E-state index in [1.807, 2.05) is 0 Å². The van der Waals surface area contributed by atoms with Crippen LogP contribution in [0.4, 0.5) is 0 Å². The molecule has 0 aliphatic carbocycles. The second kappa shape index (κ2) is 9.54. The third-order valence-corrected chi connectivity index (χ3v) is 12.5. The maximum absolute atomic E-state index is 10.3. The molecule has 0 bridgehead atoms. The van der Waals surface area contributed by atoms with Gasteiger partial charge in [0, 0.05) is 14.7 Å². The Labute approximate surface area is 147 Å². The highest BCUT2D eigenvalue weighted by Crippen LogP contribution is 2.42. The van der Waals surface area contributed by atoms with Crippen LogP contribution in [0.2, 0.25) is 42.3 Å². The van der Waals surface area contributed by atoms with Crippen molar-refractivity contribution in [2.24, 2.45) is 0 Å². The summed E-state index contributed by atoms with van der Waals surface area (Å²) in [4.78, 5) is 0. The van der Waals surface area contributed by atoms with Crippen LogP contribution in [-0.2, 0) is 4.43 Å². The van der Waals surface area contributed by atoms with Crippen molar-refractivity contribution in [2.45, 2.75) is 103 Å². The van der Waals surface area contributed by atoms with E-state index in [4.69, 9.17) is 4.43 Å². The van der Waals surface area contributed by atoms with Crippen molar-refractivity contribution in [3.63, 3.8) is 0 Å². The van der Waals surface area contributed by atoms with Gasteiger partial charge in [0.1, 0.15) is 0 Å². The monoisotopic (exact) mass is 358 g/mol. The average Bonchev–Trinajstić information content (AvgIpc) is 2.30. The fourth-order valence-electron chi connectivity index (χ4n) is 4.13. The minimum absolute atomic E-state index is 0.308. The van der Waals surface area contributed by atoms with E-state index in [0.29, 0.717) is 23.2 Å². The summed E-state index contributed by atoms with van der Waals surface area (Å²) >= 11 is 0. The molecule has 0 aromatic heterocycles. The first-order valence-electron chi connectivity index (χ1n) is 9.31. The van der Waals surface area contributed by atoms with E-state index in [2.05, 4.69) is 67.8 Å². The van der Waals surface area contributed by atoms with Gasteiger partial charge in [-0.1, -0.05) is 66.8 Å². The quantitative estimate of drug-likeness (QED) is 0.351. The molecule has 0 amide bonds. The van der Waals surface area contributed by atoms with Crippen LogP contribution in [0.25, 0.3) is 0 Å². The summed E-state index contributed by atoms with van der Waals surface area (Å²) in [5.41, 5.74) is 3.00. The predicted octanol–water partition coefficient (Wildman–Crippen LogP) is 6.21. The van der Waals surface area contributed by atoms with Crippen LogP contribution >= 0.6 is 0 Å². The van der Waals surface area contributed by atoms with Gasteiger partial charge in [-0.25, -0.2) is 0 Å². The normalized spacial score (nSPS) is 14.8. The van der Waals surface area contributed by atoms with Crippen LogP contribution in [0.3, 0.4) is 0 Å². The maximum Gasteiger partial charge on any atom is 0.200 e. The Hall–Kier alpha value is 0.0938. The molecule has 0 fully saturated rings. The van der Waals surface area contributed by atoms with Gasteiger partial charge >= 0.3 is 0 Å². The van der Waals surface area contributed by atoms with E-state index in [1.165, 1.54) is 5.57 Å². The Morgan fingerprint density at radius 1 is 0.957 bits per heavy atom. The number of aliphatic hydroxyl groups excluding tert-OH is 1. The number of rotatable bonds is 11. The van der Waals surface area contributed by atoms with Crippen molar-refractivity contribution in [1.29, 1.82) is 0 Å². The Kier molecular flexibility index (Phi) is 9.58. The van der Waals surface area contributed by atoms with Crippen LogP contribution in [-0.4, -0.2) is 34.2 Å². The SMILES string of the molecule is C=C(C[C@@H](O)CCO[Si](C(C)C)(C(C)C)C(C)C)C[Si](C)(C)C. The summed E-state index contributed by atoms with van der Waals surface area (Å²) in [5.74, 6) is 0. The lowest BCUT2D eigenvalue weighted by molar-refractivity contribution is 0.133. The molecule has 0 heterocycles. The van der Waals surface area contributed by atoms with Crippen molar-refractivity contribution < 1.29 is 9.53 Å². The summed E-state index contributed by atoms with van der Waals surface area (Å²) in [6.07, 6.45) is 1.15. The van der Waals surface area contributed by atoms with Crippen LogP contribution in [0.15, 0.2) is 12.2 Å². The van der Waals surface area contributed by atoms with Gasteiger partial charge in [-0.05, 0) is 35.5 Å². The van der Waals surface area contributed by atoms with Gasteiger partial charge in [-0.3, -0.25) is 0 Å². The Balaban J connectivity index is 4.53. The van der Waals surface area contributed by atoms with E-state index in [1.54, 1.807) is 0 Å². The van der Waals surface area contributed by atoms with Crippen molar-refractivity contribution in [3.05, 3.63) is 12.2 Å². The van der Waals surface area contributed by atoms with Crippen LogP contribution in [0.5, 0.6) is 0 Å². The van der Waals surface area contributed by atoms with E-state index < -0.39 is 16.4 Å². The highest BCUT2D eigenvalue weighted by molar-refractivity contribution is 6.77. The third-order valence-electron chi connectivity index (χ3n) is 4.81. The Morgan fingerprint density at radius 2 is 1.39 bits per heavy atom. The molecule has 0 saturated heterocycles. The van der Waals surface area contributed by atoms with Gasteiger partial charge < -0.3 is 9.53 Å². The number of aliphatic hydroxyl groups is 1. The zero-order valence-electron chi connectivity index (χ0n) is 17.2. The molecule has 0 aliphatic heterocycles. The molecule has 0 aliphatic rings. The maximum atomic E-state index is 10.3. The molecular weight excluding hydrogens is 316 g/mol. The summed E-state index contributed by atoms with van der Waals surface area (Å²) < 4.78 is 6.53. The lowest BCUT2D eigenvalue weighted by Crippen LogP contribution is -2.48. The second-order valence-corrected chi connectivity index (χ2v) is 20.2. The van der Waals surface area contributed by atoms with E-state index in [-0.39, 0.29) is 6.10 Å². The molecule has 0 aromatic carbocycles. The van der Waals surface area contributed by atoms with E-state index in [0.717, 1.165) is 18.9 Å². The van der Waals surface area contributed by atoms with Crippen molar-refractivity contribution in [3.8, 4) is 0 Å². The highest BCUT2D eigenvalue weighted by atomic mass is 28.4. The van der Waals surface area contributed by atoms with Gasteiger partial charge in [-0.15, -0.1) is 6.58 Å². The molecule has 23 heavy (non-hydrogen) atoms. The molecule has 2 nitrogen and oxygen atoms in total. The lowest BCUT2D eigenvalue weighted by atomic mass is 10.1. The molecule has 1 atom stereocenters. The van der Waals surface area contributed by atoms with Crippen LogP contribution < -0.4 is 0 Å². The molecule has 0 unspecified atom stereocenters. The molecular formula is C19H42O2Si2. The first-order valence-corrected chi connectivity index (χ1v) is 15.2. The predicted molar refractivity (Wildman–Crippen MR) is 110 cm³/mol. The van der Waals surface area contributed by atoms with Crippen LogP contribution in [0, 0.1) is 0 Å². The van der Waals surface area contributed by atoms with Gasteiger partial charge in [0.2, 0.25) is 0 Å². The van der Waals surface area contributed by atoms with E-state index in [9.17, 15) is 5.11 Å². The van der Waals surface area contributed by atoms with Gasteiger partial charge in [0.05, 0.1) is 6.10 Å². The largest absolute Gasteiger partial charge is 0.416 e. The topological polar surface area (TPSA) is 29.5 Å². The van der Waals surface area contributed by atoms with Crippen molar-refractivity contribution in [2.75, 3.05) is 6.61 Å². The van der Waals surface area contributed by atoms with Gasteiger partial charge in [0.15, 0.2) is 8.32 Å². The average molecular weight is 359 g/mol. The molecule has 138 valence electrons. The summed E-state index contributed by atoms with van der Waals surface area (Å²) in [6, 6.07) is 1.10. The summed E-state index contributed by atoms with van der Waals surface area (Å²) in [5, 5.41) is 10.3. The zero-order chi connectivity index (χ0) is 18.4. The first kappa shape index (κ1) is 23.1. The Morgan fingerprint density at radius 3 is 1.74 bits per heavy atom. The molecule has 0 radical (unpaired) electrons. The highest BCUT2D eigenvalue weighted by Gasteiger charge is 2.44. The molecule has 0 rings (SSSR count). The summed E-state index contributed by atoms with van der Waals surface area (Å²) in [6.45, 7) is 25.7. The molecule has 4 heteroatoms. The first-order chi connectivity index (χ1) is 10.3. The number of hydrogen-bond donors (Lipinski definition) is 1. The second-order valence-electron chi connectivity index (χ2n) is 9.30. The molecule has 0 aromatic rings. The summed E-state index contributed by atoms with van der Waals surface area (Å²) in [7, 11) is -2.93. The molecule has 0 spiro atoms. The van der Waals surface area contributed by atoms with Gasteiger partial charge in [-0.2, -0.15) is 0 Å². The third kappa shape index (κ3) is 7.67. The van der Waals surface area contributed by atoms with E-state index >= 15 is 0 Å². The molecule has 0 saturated carbocycles. The zero-order valence-corrected chi connectivity index (χ0v) is 19.2. The van der Waals surface area contributed by atoms with Crippen molar-refractivity contribution in [1.82, 2.24) is 0 Å². The van der Waals surface area contributed by atoms with Crippen LogP contribution in [0.1, 0.15) is 54.4 Å². The standard InChI is InChI=1S/C19H42O2Si2/c1-15(2)23(16(3)4,17(5)6)21-12-11-19(20)13-18(7)14-22(8,9)10/h15-17,19-20H,7,11-14H2,1-6,8-10H3/t19-/m0/s1.